The lowest BCUT2D eigenvalue weighted by Crippen LogP contribution is -2.58. The summed E-state index contributed by atoms with van der Waals surface area (Å²) in [6, 6.07) is 0. The Morgan fingerprint density at radius 2 is 1.95 bits per heavy atom. The summed E-state index contributed by atoms with van der Waals surface area (Å²) in [4.78, 5) is 4.80. The first-order valence-corrected chi connectivity index (χ1v) is 8.59. The lowest BCUT2D eigenvalue weighted by atomic mass is 9.89. The van der Waals surface area contributed by atoms with Gasteiger partial charge in [0.25, 0.3) is 0 Å². The minimum absolute atomic E-state index is 0.379. The molecule has 0 aromatic heterocycles. The molecule has 0 aromatic carbocycles. The molecule has 0 amide bonds. The summed E-state index contributed by atoms with van der Waals surface area (Å²) in [6.45, 7) is 4.98. The predicted octanol–water partition coefficient (Wildman–Crippen LogP) is 2.15. The fourth-order valence-electron chi connectivity index (χ4n) is 3.68. The van der Waals surface area contributed by atoms with Crippen molar-refractivity contribution in [3.05, 3.63) is 0 Å². The summed E-state index contributed by atoms with van der Waals surface area (Å²) in [5.74, 6) is 0.891. The Morgan fingerprint density at radius 1 is 1.10 bits per heavy atom. The number of rotatable bonds is 4. The number of nitrogens with zero attached hydrogens (tertiary/aromatic N) is 2. The molecule has 1 saturated carbocycles. The van der Waals surface area contributed by atoms with E-state index in [4.69, 9.17) is 17.0 Å². The lowest BCUT2D eigenvalue weighted by molar-refractivity contribution is 0.0592. The molecule has 2 heterocycles. The quantitative estimate of drug-likeness (QED) is 0.803. The maximum atomic E-state index is 5.74. The summed E-state index contributed by atoms with van der Waals surface area (Å²) >= 11 is 5.45. The molecule has 3 aliphatic rings. The van der Waals surface area contributed by atoms with Crippen LogP contribution in [-0.2, 0) is 4.74 Å². The highest BCUT2D eigenvalue weighted by Gasteiger charge is 2.27. The van der Waals surface area contributed by atoms with Crippen molar-refractivity contribution < 1.29 is 4.74 Å². The van der Waals surface area contributed by atoms with Crippen LogP contribution in [0.5, 0.6) is 0 Å². The van der Waals surface area contributed by atoms with Crippen LogP contribution in [0, 0.1) is 5.92 Å². The molecule has 0 bridgehead atoms. The van der Waals surface area contributed by atoms with Gasteiger partial charge in [-0.3, -0.25) is 4.90 Å². The number of hydrogen-bond acceptors (Lipinski definition) is 3. The Hall–Kier alpha value is -0.390. The second-order valence-corrected chi connectivity index (χ2v) is 6.88. The second-order valence-electron chi connectivity index (χ2n) is 6.50. The maximum Gasteiger partial charge on any atom is 0.171 e. The molecule has 2 aliphatic heterocycles. The van der Waals surface area contributed by atoms with Crippen LogP contribution in [-0.4, -0.2) is 54.0 Å². The molecule has 2 saturated heterocycles. The van der Waals surface area contributed by atoms with E-state index in [9.17, 15) is 0 Å². The maximum absolute atomic E-state index is 5.74. The minimum atomic E-state index is 0.379. The first-order valence-electron chi connectivity index (χ1n) is 8.18. The molecule has 5 heteroatoms. The summed E-state index contributed by atoms with van der Waals surface area (Å²) in [5, 5.41) is 4.28. The zero-order valence-corrected chi connectivity index (χ0v) is 13.2. The molecular weight excluding hydrogens is 270 g/mol. The highest BCUT2D eigenvalue weighted by Crippen LogP contribution is 2.25. The molecule has 0 radical (unpaired) electrons. The highest BCUT2D eigenvalue weighted by atomic mass is 32.1. The molecule has 0 unspecified atom stereocenters. The van der Waals surface area contributed by atoms with Crippen LogP contribution < -0.4 is 5.32 Å². The zero-order valence-electron chi connectivity index (χ0n) is 12.4. The molecule has 1 atom stereocenters. The van der Waals surface area contributed by atoms with Crippen molar-refractivity contribution >= 4 is 17.3 Å². The van der Waals surface area contributed by atoms with Gasteiger partial charge in [-0.25, -0.2) is 0 Å². The van der Waals surface area contributed by atoms with Crippen LogP contribution in [0.2, 0.25) is 0 Å². The van der Waals surface area contributed by atoms with Gasteiger partial charge in [0.1, 0.15) is 0 Å². The van der Waals surface area contributed by atoms with Gasteiger partial charge in [0.05, 0.1) is 19.4 Å². The highest BCUT2D eigenvalue weighted by molar-refractivity contribution is 7.80. The van der Waals surface area contributed by atoms with Gasteiger partial charge in [0, 0.05) is 19.7 Å². The standard InChI is InChI=1S/C15H27N3OS/c20-15-16-11-17(9-13-5-2-1-3-6-13)12-18(15)10-14-7-4-8-19-14/h13-14H,1-12H2,(H,16,20)/t14-/m1/s1. The third kappa shape index (κ3) is 3.83. The van der Waals surface area contributed by atoms with Gasteiger partial charge < -0.3 is 15.0 Å². The van der Waals surface area contributed by atoms with E-state index in [0.29, 0.717) is 6.10 Å². The third-order valence-corrected chi connectivity index (χ3v) is 5.20. The Morgan fingerprint density at radius 3 is 2.70 bits per heavy atom. The van der Waals surface area contributed by atoms with Crippen molar-refractivity contribution in [1.29, 1.82) is 0 Å². The zero-order chi connectivity index (χ0) is 13.8. The molecule has 1 aliphatic carbocycles. The minimum Gasteiger partial charge on any atom is -0.376 e. The Kier molecular flexibility index (Phi) is 5.13. The van der Waals surface area contributed by atoms with Crippen molar-refractivity contribution in [2.45, 2.75) is 51.0 Å². The number of ether oxygens (including phenoxy) is 1. The fourth-order valence-corrected chi connectivity index (χ4v) is 3.88. The largest absolute Gasteiger partial charge is 0.376 e. The SMILES string of the molecule is S=C1NCN(CC2CCCCC2)CN1C[C@H]1CCCO1. The van der Waals surface area contributed by atoms with Gasteiger partial charge in [-0.15, -0.1) is 0 Å². The van der Waals surface area contributed by atoms with E-state index in [1.54, 1.807) is 0 Å². The van der Waals surface area contributed by atoms with Gasteiger partial charge in [0.2, 0.25) is 0 Å². The van der Waals surface area contributed by atoms with E-state index in [2.05, 4.69) is 15.1 Å². The molecule has 3 fully saturated rings. The van der Waals surface area contributed by atoms with Crippen LogP contribution in [0.4, 0.5) is 0 Å². The smallest absolute Gasteiger partial charge is 0.171 e. The van der Waals surface area contributed by atoms with Crippen molar-refractivity contribution in [3.8, 4) is 0 Å². The van der Waals surface area contributed by atoms with Crippen molar-refractivity contribution in [2.75, 3.05) is 33.0 Å². The second kappa shape index (κ2) is 7.05. The van der Waals surface area contributed by atoms with E-state index in [-0.39, 0.29) is 0 Å². The van der Waals surface area contributed by atoms with E-state index in [1.807, 2.05) is 0 Å². The summed E-state index contributed by atoms with van der Waals surface area (Å²) in [7, 11) is 0. The van der Waals surface area contributed by atoms with Gasteiger partial charge in [-0.1, -0.05) is 19.3 Å². The summed E-state index contributed by atoms with van der Waals surface area (Å²) < 4.78 is 5.74. The van der Waals surface area contributed by atoms with Crippen LogP contribution >= 0.6 is 12.2 Å². The predicted molar refractivity (Wildman–Crippen MR) is 84.4 cm³/mol. The number of hydrogen-bond donors (Lipinski definition) is 1. The molecule has 114 valence electrons. The molecule has 0 spiro atoms. The normalized spacial score (nSPS) is 29.7. The third-order valence-electron chi connectivity index (χ3n) is 4.80. The van der Waals surface area contributed by atoms with Gasteiger partial charge >= 0.3 is 0 Å². The van der Waals surface area contributed by atoms with Crippen molar-refractivity contribution in [2.24, 2.45) is 5.92 Å². The Bertz CT molecular complexity index is 327. The van der Waals surface area contributed by atoms with Crippen LogP contribution in [0.1, 0.15) is 44.9 Å². The number of thiocarbonyl (C=S) groups is 1. The van der Waals surface area contributed by atoms with Crippen LogP contribution in [0.25, 0.3) is 0 Å². The first kappa shape index (κ1) is 14.5. The van der Waals surface area contributed by atoms with E-state index < -0.39 is 0 Å². The van der Waals surface area contributed by atoms with E-state index in [1.165, 1.54) is 51.5 Å². The van der Waals surface area contributed by atoms with Crippen LogP contribution in [0.15, 0.2) is 0 Å². The summed E-state index contributed by atoms with van der Waals surface area (Å²) in [6.07, 6.45) is 9.85. The molecule has 0 aromatic rings. The topological polar surface area (TPSA) is 27.7 Å². The molecule has 3 rings (SSSR count). The van der Waals surface area contributed by atoms with Gasteiger partial charge in [0.15, 0.2) is 5.11 Å². The number of nitrogens with one attached hydrogen (secondary N) is 1. The van der Waals surface area contributed by atoms with Crippen molar-refractivity contribution in [3.63, 3.8) is 0 Å². The average molecular weight is 297 g/mol. The first-order chi connectivity index (χ1) is 9.81. The lowest BCUT2D eigenvalue weighted by Gasteiger charge is -2.40. The van der Waals surface area contributed by atoms with Crippen molar-refractivity contribution in [1.82, 2.24) is 15.1 Å². The molecular formula is C15H27N3OS. The Balaban J connectivity index is 1.48. The molecule has 1 N–H and O–H groups in total. The molecule has 20 heavy (non-hydrogen) atoms. The summed E-state index contributed by atoms with van der Waals surface area (Å²) in [5.41, 5.74) is 0. The Labute approximate surface area is 127 Å². The average Bonchev–Trinajstić information content (AvgIpc) is 2.97. The van der Waals surface area contributed by atoms with E-state index in [0.717, 1.165) is 37.5 Å². The molecule has 4 nitrogen and oxygen atoms in total. The van der Waals surface area contributed by atoms with Crippen LogP contribution in [0.3, 0.4) is 0 Å². The van der Waals surface area contributed by atoms with Gasteiger partial charge in [-0.2, -0.15) is 0 Å². The van der Waals surface area contributed by atoms with E-state index >= 15 is 0 Å². The monoisotopic (exact) mass is 297 g/mol. The van der Waals surface area contributed by atoms with Gasteiger partial charge in [-0.05, 0) is 43.8 Å². The fraction of sp³-hybridized carbons (Fsp3) is 0.933.